The molecule has 0 aliphatic carbocycles. The highest BCUT2D eigenvalue weighted by atomic mass is 16.1. The van der Waals surface area contributed by atoms with Gasteiger partial charge in [0.05, 0.1) is 17.4 Å². The molecule has 5 nitrogen and oxygen atoms in total. The Bertz CT molecular complexity index is 738. The zero-order valence-electron chi connectivity index (χ0n) is 15.7. The van der Waals surface area contributed by atoms with Gasteiger partial charge in [0, 0.05) is 44.6 Å². The predicted molar refractivity (Wildman–Crippen MR) is 107 cm³/mol. The average molecular weight is 352 g/mol. The SMILES string of the molecule is CCCCNC(=O)c1cncc(N2CCN(c3cccc(C)c3)CC2)c1. The zero-order chi connectivity index (χ0) is 18.4. The van der Waals surface area contributed by atoms with E-state index in [1.165, 1.54) is 11.3 Å². The molecule has 1 amide bonds. The fraction of sp³-hybridized carbons (Fsp3) is 0.429. The third-order valence-electron chi connectivity index (χ3n) is 4.81. The number of aryl methyl sites for hydroxylation is 1. The summed E-state index contributed by atoms with van der Waals surface area (Å²) in [4.78, 5) is 21.3. The standard InChI is InChI=1S/C21H28N4O/c1-3-4-8-23-21(26)18-14-20(16-22-15-18)25-11-9-24(10-12-25)19-7-5-6-17(2)13-19/h5-7,13-16H,3-4,8-12H2,1-2H3,(H,23,26). The van der Waals surface area contributed by atoms with Crippen molar-refractivity contribution in [3.63, 3.8) is 0 Å². The molecule has 138 valence electrons. The van der Waals surface area contributed by atoms with Crippen LogP contribution in [0.4, 0.5) is 11.4 Å². The lowest BCUT2D eigenvalue weighted by atomic mass is 10.1. The van der Waals surface area contributed by atoms with Gasteiger partial charge in [-0.05, 0) is 37.1 Å². The molecular weight excluding hydrogens is 324 g/mol. The molecule has 1 saturated heterocycles. The Hall–Kier alpha value is -2.56. The maximum atomic E-state index is 12.2. The number of nitrogens with one attached hydrogen (secondary N) is 1. The highest BCUT2D eigenvalue weighted by molar-refractivity contribution is 5.94. The quantitative estimate of drug-likeness (QED) is 0.811. The predicted octanol–water partition coefficient (Wildman–Crippen LogP) is 3.25. The van der Waals surface area contributed by atoms with Gasteiger partial charge in [-0.1, -0.05) is 25.5 Å². The van der Waals surface area contributed by atoms with Crippen molar-refractivity contribution < 1.29 is 4.79 Å². The number of nitrogens with zero attached hydrogens (tertiary/aromatic N) is 3. The molecule has 1 N–H and O–H groups in total. The number of rotatable bonds is 6. The summed E-state index contributed by atoms with van der Waals surface area (Å²) < 4.78 is 0. The van der Waals surface area contributed by atoms with E-state index in [4.69, 9.17) is 0 Å². The van der Waals surface area contributed by atoms with Crippen LogP contribution < -0.4 is 15.1 Å². The fourth-order valence-corrected chi connectivity index (χ4v) is 3.25. The van der Waals surface area contributed by atoms with Gasteiger partial charge in [0.1, 0.15) is 0 Å². The number of carbonyl (C=O) groups is 1. The van der Waals surface area contributed by atoms with Crippen molar-refractivity contribution in [3.05, 3.63) is 53.9 Å². The van der Waals surface area contributed by atoms with E-state index in [2.05, 4.69) is 58.2 Å². The summed E-state index contributed by atoms with van der Waals surface area (Å²) in [6.45, 7) is 8.75. The number of unbranched alkanes of at least 4 members (excludes halogenated alkanes) is 1. The number of amides is 1. The number of benzene rings is 1. The summed E-state index contributed by atoms with van der Waals surface area (Å²) in [6, 6.07) is 10.6. The molecule has 1 fully saturated rings. The van der Waals surface area contributed by atoms with Crippen LogP contribution in [-0.4, -0.2) is 43.6 Å². The van der Waals surface area contributed by atoms with E-state index in [1.807, 2.05) is 12.3 Å². The third-order valence-corrected chi connectivity index (χ3v) is 4.81. The van der Waals surface area contributed by atoms with Crippen LogP contribution in [0.5, 0.6) is 0 Å². The highest BCUT2D eigenvalue weighted by Gasteiger charge is 2.18. The Kier molecular flexibility index (Phi) is 6.10. The molecule has 0 bridgehead atoms. The molecule has 26 heavy (non-hydrogen) atoms. The van der Waals surface area contributed by atoms with Crippen molar-refractivity contribution in [2.24, 2.45) is 0 Å². The first kappa shape index (κ1) is 18.2. The van der Waals surface area contributed by atoms with Crippen molar-refractivity contribution in [1.29, 1.82) is 0 Å². The number of hydrogen-bond donors (Lipinski definition) is 1. The molecule has 0 saturated carbocycles. The van der Waals surface area contributed by atoms with Crippen LogP contribution >= 0.6 is 0 Å². The van der Waals surface area contributed by atoms with Crippen LogP contribution in [0.3, 0.4) is 0 Å². The molecular formula is C21H28N4O. The second-order valence-corrected chi connectivity index (χ2v) is 6.85. The number of carbonyl (C=O) groups excluding carboxylic acids is 1. The van der Waals surface area contributed by atoms with Gasteiger partial charge in [-0.15, -0.1) is 0 Å². The summed E-state index contributed by atoms with van der Waals surface area (Å²) in [6.07, 6.45) is 5.57. The molecule has 1 aliphatic rings. The van der Waals surface area contributed by atoms with Gasteiger partial charge in [-0.3, -0.25) is 9.78 Å². The van der Waals surface area contributed by atoms with Crippen LogP contribution in [0.25, 0.3) is 0 Å². The Labute approximate surface area is 156 Å². The largest absolute Gasteiger partial charge is 0.368 e. The van der Waals surface area contributed by atoms with E-state index in [1.54, 1.807) is 6.20 Å². The van der Waals surface area contributed by atoms with Gasteiger partial charge in [0.15, 0.2) is 0 Å². The van der Waals surface area contributed by atoms with E-state index < -0.39 is 0 Å². The number of piperazine rings is 1. The Morgan fingerprint density at radius 2 is 1.81 bits per heavy atom. The molecule has 0 atom stereocenters. The normalized spacial score (nSPS) is 14.4. The molecule has 1 aliphatic heterocycles. The van der Waals surface area contributed by atoms with E-state index >= 15 is 0 Å². The average Bonchev–Trinajstić information content (AvgIpc) is 2.68. The van der Waals surface area contributed by atoms with Gasteiger partial charge in [0.2, 0.25) is 0 Å². The molecule has 5 heteroatoms. The van der Waals surface area contributed by atoms with Crippen LogP contribution in [0.1, 0.15) is 35.7 Å². The van der Waals surface area contributed by atoms with E-state index in [9.17, 15) is 4.79 Å². The summed E-state index contributed by atoms with van der Waals surface area (Å²) >= 11 is 0. The zero-order valence-corrected chi connectivity index (χ0v) is 15.7. The monoisotopic (exact) mass is 352 g/mol. The van der Waals surface area contributed by atoms with Gasteiger partial charge in [-0.2, -0.15) is 0 Å². The summed E-state index contributed by atoms with van der Waals surface area (Å²) in [5.74, 6) is -0.0359. The number of anilines is 2. The van der Waals surface area contributed by atoms with Crippen molar-refractivity contribution >= 4 is 17.3 Å². The Balaban J connectivity index is 1.61. The molecule has 3 rings (SSSR count). The van der Waals surface area contributed by atoms with E-state index in [0.29, 0.717) is 12.1 Å². The summed E-state index contributed by atoms with van der Waals surface area (Å²) in [5.41, 5.74) is 4.24. The highest BCUT2D eigenvalue weighted by Crippen LogP contribution is 2.21. The molecule has 0 spiro atoms. The fourth-order valence-electron chi connectivity index (χ4n) is 3.25. The van der Waals surface area contributed by atoms with E-state index in [-0.39, 0.29) is 5.91 Å². The van der Waals surface area contributed by atoms with Crippen LogP contribution in [0, 0.1) is 6.92 Å². The van der Waals surface area contributed by atoms with Crippen molar-refractivity contribution in [1.82, 2.24) is 10.3 Å². The second kappa shape index (κ2) is 8.70. The minimum absolute atomic E-state index is 0.0359. The molecule has 2 heterocycles. The van der Waals surface area contributed by atoms with E-state index in [0.717, 1.165) is 44.7 Å². The van der Waals surface area contributed by atoms with Crippen molar-refractivity contribution in [3.8, 4) is 0 Å². The van der Waals surface area contributed by atoms with Crippen molar-refractivity contribution in [2.45, 2.75) is 26.7 Å². The molecule has 1 aromatic heterocycles. The molecule has 1 aromatic carbocycles. The minimum atomic E-state index is -0.0359. The van der Waals surface area contributed by atoms with Crippen molar-refractivity contribution in [2.75, 3.05) is 42.5 Å². The summed E-state index contributed by atoms with van der Waals surface area (Å²) in [7, 11) is 0. The lowest BCUT2D eigenvalue weighted by molar-refractivity contribution is 0.0953. The minimum Gasteiger partial charge on any atom is -0.368 e. The Morgan fingerprint density at radius 1 is 1.08 bits per heavy atom. The lowest BCUT2D eigenvalue weighted by Crippen LogP contribution is -2.46. The maximum absolute atomic E-state index is 12.2. The smallest absolute Gasteiger partial charge is 0.252 e. The topological polar surface area (TPSA) is 48.5 Å². The first-order valence-corrected chi connectivity index (χ1v) is 9.47. The number of aromatic nitrogens is 1. The summed E-state index contributed by atoms with van der Waals surface area (Å²) in [5, 5.41) is 2.96. The van der Waals surface area contributed by atoms with Gasteiger partial charge >= 0.3 is 0 Å². The van der Waals surface area contributed by atoms with Crippen LogP contribution in [-0.2, 0) is 0 Å². The lowest BCUT2D eigenvalue weighted by Gasteiger charge is -2.37. The van der Waals surface area contributed by atoms with Gasteiger partial charge in [0.25, 0.3) is 5.91 Å². The van der Waals surface area contributed by atoms with Crippen LogP contribution in [0.2, 0.25) is 0 Å². The number of pyridine rings is 1. The second-order valence-electron chi connectivity index (χ2n) is 6.85. The molecule has 0 radical (unpaired) electrons. The Morgan fingerprint density at radius 3 is 2.50 bits per heavy atom. The number of hydrogen-bond acceptors (Lipinski definition) is 4. The van der Waals surface area contributed by atoms with Crippen LogP contribution in [0.15, 0.2) is 42.7 Å². The molecule has 2 aromatic rings. The first-order valence-electron chi connectivity index (χ1n) is 9.47. The molecule has 0 unspecified atom stereocenters. The van der Waals surface area contributed by atoms with Gasteiger partial charge in [-0.25, -0.2) is 0 Å². The van der Waals surface area contributed by atoms with Gasteiger partial charge < -0.3 is 15.1 Å². The first-order chi connectivity index (χ1) is 12.7. The third kappa shape index (κ3) is 4.54. The maximum Gasteiger partial charge on any atom is 0.252 e.